The van der Waals surface area contributed by atoms with Gasteiger partial charge in [0.2, 0.25) is 21.8 Å². The number of hydrogen-bond acceptors (Lipinski definition) is 5. The van der Waals surface area contributed by atoms with Gasteiger partial charge in [0.1, 0.15) is 18.3 Å². The van der Waals surface area contributed by atoms with Crippen LogP contribution in [0.3, 0.4) is 0 Å². The molecule has 1 saturated carbocycles. The fourth-order valence-electron chi connectivity index (χ4n) is 4.44. The van der Waals surface area contributed by atoms with Crippen molar-refractivity contribution in [3.8, 4) is 5.75 Å². The first-order chi connectivity index (χ1) is 17.1. The van der Waals surface area contributed by atoms with Gasteiger partial charge in [0, 0.05) is 16.2 Å². The smallest absolute Gasteiger partial charge is 0.244 e. The lowest BCUT2D eigenvalue weighted by atomic mass is 10.1. The molecular weight excluding hydrogens is 593 g/mol. The van der Waals surface area contributed by atoms with Crippen LogP contribution in [0.2, 0.25) is 0 Å². The summed E-state index contributed by atoms with van der Waals surface area (Å²) in [6.45, 7) is 1.63. The van der Waals surface area contributed by atoms with E-state index in [0.717, 1.165) is 45.4 Å². The van der Waals surface area contributed by atoms with Crippen molar-refractivity contribution in [1.82, 2.24) is 10.2 Å². The van der Waals surface area contributed by atoms with Gasteiger partial charge in [-0.3, -0.25) is 13.9 Å². The Morgan fingerprint density at radius 2 is 1.69 bits per heavy atom. The molecule has 1 atom stereocenters. The van der Waals surface area contributed by atoms with Crippen molar-refractivity contribution in [2.24, 2.45) is 0 Å². The largest absolute Gasteiger partial charge is 0.497 e. The van der Waals surface area contributed by atoms with Crippen molar-refractivity contribution in [3.05, 3.63) is 57.7 Å². The summed E-state index contributed by atoms with van der Waals surface area (Å²) < 4.78 is 32.6. The average Bonchev–Trinajstić information content (AvgIpc) is 3.35. The van der Waals surface area contributed by atoms with E-state index in [2.05, 4.69) is 27.9 Å². The minimum absolute atomic E-state index is 0.115. The second-order valence-corrected chi connectivity index (χ2v) is 12.2. The van der Waals surface area contributed by atoms with Crippen LogP contribution >= 0.6 is 22.6 Å². The Balaban J connectivity index is 1.90. The first-order valence-corrected chi connectivity index (χ1v) is 15.0. The molecule has 2 aromatic carbocycles. The van der Waals surface area contributed by atoms with E-state index in [1.54, 1.807) is 43.5 Å². The Hall–Kier alpha value is -2.34. The van der Waals surface area contributed by atoms with E-state index in [4.69, 9.17) is 4.74 Å². The van der Waals surface area contributed by atoms with Gasteiger partial charge in [-0.2, -0.15) is 0 Å². The number of nitrogens with one attached hydrogen (secondary N) is 1. The maximum absolute atomic E-state index is 13.7. The van der Waals surface area contributed by atoms with Gasteiger partial charge in [-0.15, -0.1) is 0 Å². The van der Waals surface area contributed by atoms with Crippen molar-refractivity contribution in [1.29, 1.82) is 0 Å². The summed E-state index contributed by atoms with van der Waals surface area (Å²) in [7, 11) is -2.17. The standard InChI is InChI=1S/C26H34IN3O5S/c1-4-24(26(32)28-21-7-5-6-8-21)29(17-19-9-15-23(35-2)16-10-19)25(31)18-30(36(3,33)34)22-13-11-20(27)12-14-22/h9-16,21,24H,4-8,17-18H2,1-3H3,(H,28,32)/t24-/m1/s1. The van der Waals surface area contributed by atoms with Gasteiger partial charge < -0.3 is 15.0 Å². The summed E-state index contributed by atoms with van der Waals surface area (Å²) in [5, 5.41) is 3.11. The molecule has 0 aromatic heterocycles. The van der Waals surface area contributed by atoms with E-state index in [1.807, 2.05) is 19.1 Å². The van der Waals surface area contributed by atoms with Crippen LogP contribution in [0.5, 0.6) is 5.75 Å². The summed E-state index contributed by atoms with van der Waals surface area (Å²) in [5.74, 6) is 0.0410. The van der Waals surface area contributed by atoms with Gasteiger partial charge in [0.05, 0.1) is 19.1 Å². The molecule has 0 saturated heterocycles. The molecule has 1 aliphatic carbocycles. The SMILES string of the molecule is CC[C@H](C(=O)NC1CCCC1)N(Cc1ccc(OC)cc1)C(=O)CN(c1ccc(I)cc1)S(C)(=O)=O. The molecule has 0 radical (unpaired) electrons. The first-order valence-electron chi connectivity index (χ1n) is 12.1. The van der Waals surface area contributed by atoms with Gasteiger partial charge in [-0.05, 0) is 83.8 Å². The molecule has 0 spiro atoms. The van der Waals surface area contributed by atoms with Crippen LogP contribution in [0, 0.1) is 3.57 Å². The zero-order valence-corrected chi connectivity index (χ0v) is 23.9. The van der Waals surface area contributed by atoms with Crippen LogP contribution in [0.25, 0.3) is 0 Å². The number of benzene rings is 2. The molecule has 2 amide bonds. The molecule has 2 aromatic rings. The van der Waals surface area contributed by atoms with Crippen LogP contribution in [-0.4, -0.2) is 57.1 Å². The number of ether oxygens (including phenoxy) is 1. The van der Waals surface area contributed by atoms with Gasteiger partial charge in [-0.1, -0.05) is 31.9 Å². The Kier molecular flexibility index (Phi) is 10.0. The highest BCUT2D eigenvalue weighted by molar-refractivity contribution is 14.1. The lowest BCUT2D eigenvalue weighted by Gasteiger charge is -2.33. The second kappa shape index (κ2) is 12.8. The van der Waals surface area contributed by atoms with E-state index in [9.17, 15) is 18.0 Å². The number of rotatable bonds is 11. The highest BCUT2D eigenvalue weighted by Gasteiger charge is 2.33. The summed E-state index contributed by atoms with van der Waals surface area (Å²) in [5.41, 5.74) is 1.22. The molecule has 1 N–H and O–H groups in total. The lowest BCUT2D eigenvalue weighted by Crippen LogP contribution is -2.53. The predicted octanol–water partition coefficient (Wildman–Crippen LogP) is 3.93. The Bertz CT molecular complexity index is 1130. The molecule has 0 heterocycles. The van der Waals surface area contributed by atoms with Crippen LogP contribution in [0.4, 0.5) is 5.69 Å². The molecule has 1 fully saturated rings. The van der Waals surface area contributed by atoms with Crippen molar-refractivity contribution in [2.75, 3.05) is 24.2 Å². The number of halogens is 1. The number of nitrogens with zero attached hydrogens (tertiary/aromatic N) is 2. The van der Waals surface area contributed by atoms with Crippen LogP contribution in [-0.2, 0) is 26.2 Å². The molecule has 0 unspecified atom stereocenters. The van der Waals surface area contributed by atoms with E-state index in [1.165, 1.54) is 4.90 Å². The molecule has 8 nitrogen and oxygen atoms in total. The molecular formula is C26H34IN3O5S. The predicted molar refractivity (Wildman–Crippen MR) is 149 cm³/mol. The van der Waals surface area contributed by atoms with E-state index >= 15 is 0 Å². The third-order valence-corrected chi connectivity index (χ3v) is 8.25. The maximum atomic E-state index is 13.7. The number of methoxy groups -OCH3 is 1. The molecule has 10 heteroatoms. The van der Waals surface area contributed by atoms with E-state index in [0.29, 0.717) is 17.9 Å². The quantitative estimate of drug-likeness (QED) is 0.381. The number of carbonyl (C=O) groups excluding carboxylic acids is 2. The van der Waals surface area contributed by atoms with Crippen molar-refractivity contribution in [3.63, 3.8) is 0 Å². The lowest BCUT2D eigenvalue weighted by molar-refractivity contribution is -0.140. The number of anilines is 1. The minimum Gasteiger partial charge on any atom is -0.497 e. The monoisotopic (exact) mass is 627 g/mol. The molecule has 1 aliphatic rings. The highest BCUT2D eigenvalue weighted by Crippen LogP contribution is 2.23. The van der Waals surface area contributed by atoms with E-state index < -0.39 is 28.5 Å². The fourth-order valence-corrected chi connectivity index (χ4v) is 5.64. The van der Waals surface area contributed by atoms with Crippen molar-refractivity contribution >= 4 is 50.1 Å². The fraction of sp³-hybridized carbons (Fsp3) is 0.462. The van der Waals surface area contributed by atoms with E-state index in [-0.39, 0.29) is 18.5 Å². The molecule has 196 valence electrons. The summed E-state index contributed by atoms with van der Waals surface area (Å²) in [6.07, 6.45) is 5.51. The molecule has 0 aliphatic heterocycles. The van der Waals surface area contributed by atoms with Gasteiger partial charge >= 0.3 is 0 Å². The van der Waals surface area contributed by atoms with Gasteiger partial charge in [-0.25, -0.2) is 8.42 Å². The first kappa shape index (κ1) is 28.2. The van der Waals surface area contributed by atoms with Gasteiger partial charge in [0.25, 0.3) is 0 Å². The van der Waals surface area contributed by atoms with Crippen molar-refractivity contribution < 1.29 is 22.7 Å². The third kappa shape index (κ3) is 7.58. The topological polar surface area (TPSA) is 96.0 Å². The van der Waals surface area contributed by atoms with Gasteiger partial charge in [0.15, 0.2) is 0 Å². The molecule has 3 rings (SSSR count). The highest BCUT2D eigenvalue weighted by atomic mass is 127. The number of amides is 2. The maximum Gasteiger partial charge on any atom is 0.244 e. The minimum atomic E-state index is -3.75. The molecule has 0 bridgehead atoms. The Morgan fingerprint density at radius 3 is 2.22 bits per heavy atom. The van der Waals surface area contributed by atoms with Crippen molar-refractivity contribution in [2.45, 2.75) is 57.7 Å². The normalized spacial score (nSPS) is 14.8. The van der Waals surface area contributed by atoms with Crippen LogP contribution < -0.4 is 14.4 Å². The van der Waals surface area contributed by atoms with Crippen LogP contribution in [0.1, 0.15) is 44.6 Å². The Labute approximate surface area is 227 Å². The summed E-state index contributed by atoms with van der Waals surface area (Å²) in [6, 6.07) is 13.6. The zero-order valence-electron chi connectivity index (χ0n) is 20.9. The average molecular weight is 628 g/mol. The zero-order chi connectivity index (χ0) is 26.3. The number of sulfonamides is 1. The molecule has 36 heavy (non-hydrogen) atoms. The second-order valence-electron chi connectivity index (χ2n) is 9.03. The third-order valence-electron chi connectivity index (χ3n) is 6.39. The van der Waals surface area contributed by atoms with Crippen LogP contribution in [0.15, 0.2) is 48.5 Å². The summed E-state index contributed by atoms with van der Waals surface area (Å²) >= 11 is 2.14. The number of carbonyl (C=O) groups is 2. The summed E-state index contributed by atoms with van der Waals surface area (Å²) in [4.78, 5) is 28.5. The Morgan fingerprint density at radius 1 is 1.08 bits per heavy atom. The number of hydrogen-bond donors (Lipinski definition) is 1.